The molecule has 5 heteroatoms. The molecule has 2 N–H and O–H groups in total. The molecular weight excluding hydrogens is 228 g/mol. The molecule has 1 aliphatic rings. The Hall–Kier alpha value is -1.36. The van der Waals surface area contributed by atoms with Crippen molar-refractivity contribution in [2.45, 2.75) is 38.1 Å². The summed E-state index contributed by atoms with van der Waals surface area (Å²) in [5.41, 5.74) is 0. The highest BCUT2D eigenvalue weighted by atomic mass is 16.5. The molecule has 0 bridgehead atoms. The van der Waals surface area contributed by atoms with Gasteiger partial charge in [-0.25, -0.2) is 4.98 Å². The van der Waals surface area contributed by atoms with Crippen LogP contribution in [-0.2, 0) is 4.74 Å². The van der Waals surface area contributed by atoms with Crippen molar-refractivity contribution in [1.29, 1.82) is 0 Å². The lowest BCUT2D eigenvalue weighted by atomic mass is 9.96. The first-order valence-corrected chi connectivity index (χ1v) is 6.71. The van der Waals surface area contributed by atoms with E-state index in [1.165, 1.54) is 32.1 Å². The maximum Gasteiger partial charge on any atom is 0.224 e. The molecule has 0 aliphatic heterocycles. The Labute approximate surface area is 108 Å². The Morgan fingerprint density at radius 2 is 2.17 bits per heavy atom. The predicted molar refractivity (Wildman–Crippen MR) is 72.9 cm³/mol. The van der Waals surface area contributed by atoms with Crippen LogP contribution in [0, 0.1) is 0 Å². The molecule has 100 valence electrons. The summed E-state index contributed by atoms with van der Waals surface area (Å²) in [7, 11) is 1.69. The van der Waals surface area contributed by atoms with Crippen molar-refractivity contribution in [3.05, 3.63) is 12.3 Å². The lowest BCUT2D eigenvalue weighted by Crippen LogP contribution is -2.23. The summed E-state index contributed by atoms with van der Waals surface area (Å²) in [6, 6.07) is 2.41. The van der Waals surface area contributed by atoms with Crippen LogP contribution in [0.4, 0.5) is 11.8 Å². The van der Waals surface area contributed by atoms with E-state index < -0.39 is 0 Å². The highest BCUT2D eigenvalue weighted by Crippen LogP contribution is 2.20. The topological polar surface area (TPSA) is 59.1 Å². The maximum absolute atomic E-state index is 4.99. The van der Waals surface area contributed by atoms with Gasteiger partial charge in [0.2, 0.25) is 5.95 Å². The Bertz CT molecular complexity index is 353. The third kappa shape index (κ3) is 4.14. The summed E-state index contributed by atoms with van der Waals surface area (Å²) < 4.78 is 4.99. The first kappa shape index (κ1) is 13.1. The molecule has 0 radical (unpaired) electrons. The number of hydrogen-bond donors (Lipinski definition) is 2. The smallest absolute Gasteiger partial charge is 0.224 e. The summed E-state index contributed by atoms with van der Waals surface area (Å²) in [4.78, 5) is 8.72. The standard InChI is InChI=1S/C13H22N4O/c1-18-10-9-14-12-7-8-15-13(17-12)16-11-5-3-2-4-6-11/h7-8,11H,2-6,9-10H2,1H3,(H2,14,15,16,17). The highest BCUT2D eigenvalue weighted by molar-refractivity contribution is 5.39. The van der Waals surface area contributed by atoms with E-state index in [0.29, 0.717) is 12.6 Å². The minimum atomic E-state index is 0.535. The van der Waals surface area contributed by atoms with Crippen molar-refractivity contribution in [3.8, 4) is 0 Å². The molecule has 1 heterocycles. The summed E-state index contributed by atoms with van der Waals surface area (Å²) >= 11 is 0. The van der Waals surface area contributed by atoms with Crippen molar-refractivity contribution in [2.24, 2.45) is 0 Å². The fraction of sp³-hybridized carbons (Fsp3) is 0.692. The SMILES string of the molecule is COCCNc1ccnc(NC2CCCCC2)n1. The third-order valence-electron chi connectivity index (χ3n) is 3.21. The fourth-order valence-electron chi connectivity index (χ4n) is 2.24. The largest absolute Gasteiger partial charge is 0.383 e. The average Bonchev–Trinajstić information content (AvgIpc) is 2.41. The summed E-state index contributed by atoms with van der Waals surface area (Å²) in [5, 5.41) is 6.63. The third-order valence-corrected chi connectivity index (χ3v) is 3.21. The van der Waals surface area contributed by atoms with Crippen LogP contribution in [-0.4, -0.2) is 36.3 Å². The van der Waals surface area contributed by atoms with E-state index in [2.05, 4.69) is 20.6 Å². The van der Waals surface area contributed by atoms with Gasteiger partial charge in [0, 0.05) is 25.9 Å². The molecule has 1 aromatic heterocycles. The summed E-state index contributed by atoms with van der Waals surface area (Å²) in [6.07, 6.45) is 8.22. The number of ether oxygens (including phenoxy) is 1. The Morgan fingerprint density at radius 1 is 1.33 bits per heavy atom. The summed E-state index contributed by atoms with van der Waals surface area (Å²) in [6.45, 7) is 1.44. The van der Waals surface area contributed by atoms with Gasteiger partial charge in [-0.2, -0.15) is 4.98 Å². The van der Waals surface area contributed by atoms with Crippen molar-refractivity contribution in [3.63, 3.8) is 0 Å². The van der Waals surface area contributed by atoms with Crippen LogP contribution < -0.4 is 10.6 Å². The number of nitrogens with one attached hydrogen (secondary N) is 2. The normalized spacial score (nSPS) is 16.5. The van der Waals surface area contributed by atoms with Crippen LogP contribution in [0.2, 0.25) is 0 Å². The Morgan fingerprint density at radius 3 is 2.94 bits per heavy atom. The zero-order chi connectivity index (χ0) is 12.6. The molecule has 0 aromatic carbocycles. The van der Waals surface area contributed by atoms with Gasteiger partial charge in [-0.15, -0.1) is 0 Å². The molecule has 0 amide bonds. The molecule has 2 rings (SSSR count). The summed E-state index contributed by atoms with van der Waals surface area (Å²) in [5.74, 6) is 1.57. The Balaban J connectivity index is 1.85. The van der Waals surface area contributed by atoms with Gasteiger partial charge in [-0.3, -0.25) is 0 Å². The molecule has 5 nitrogen and oxygen atoms in total. The molecule has 0 atom stereocenters. The second-order valence-electron chi connectivity index (χ2n) is 4.66. The minimum absolute atomic E-state index is 0.535. The van der Waals surface area contributed by atoms with Gasteiger partial charge in [0.05, 0.1) is 6.61 Å². The van der Waals surface area contributed by atoms with Gasteiger partial charge < -0.3 is 15.4 Å². The van der Waals surface area contributed by atoms with Gasteiger partial charge in [-0.1, -0.05) is 19.3 Å². The number of methoxy groups -OCH3 is 1. The number of nitrogens with zero attached hydrogens (tertiary/aromatic N) is 2. The quantitative estimate of drug-likeness (QED) is 0.759. The molecule has 18 heavy (non-hydrogen) atoms. The maximum atomic E-state index is 4.99. The first-order valence-electron chi connectivity index (χ1n) is 6.71. The van der Waals surface area contributed by atoms with Crippen LogP contribution in [0.25, 0.3) is 0 Å². The second kappa shape index (κ2) is 7.16. The van der Waals surface area contributed by atoms with Crippen molar-refractivity contribution in [2.75, 3.05) is 30.9 Å². The second-order valence-corrected chi connectivity index (χ2v) is 4.66. The van der Waals surface area contributed by atoms with Gasteiger partial charge in [0.25, 0.3) is 0 Å². The number of rotatable bonds is 6. The van der Waals surface area contributed by atoms with E-state index >= 15 is 0 Å². The number of anilines is 2. The number of hydrogen-bond acceptors (Lipinski definition) is 5. The molecule has 1 fully saturated rings. The molecule has 0 saturated heterocycles. The molecule has 0 spiro atoms. The van der Waals surface area contributed by atoms with Crippen LogP contribution in [0.15, 0.2) is 12.3 Å². The van der Waals surface area contributed by atoms with E-state index in [-0.39, 0.29) is 0 Å². The van der Waals surface area contributed by atoms with E-state index in [9.17, 15) is 0 Å². The monoisotopic (exact) mass is 250 g/mol. The molecular formula is C13H22N4O. The lowest BCUT2D eigenvalue weighted by Gasteiger charge is -2.22. The van der Waals surface area contributed by atoms with E-state index in [0.717, 1.165) is 18.3 Å². The van der Waals surface area contributed by atoms with Gasteiger partial charge in [-0.05, 0) is 18.9 Å². The van der Waals surface area contributed by atoms with Crippen molar-refractivity contribution >= 4 is 11.8 Å². The zero-order valence-electron chi connectivity index (χ0n) is 11.0. The minimum Gasteiger partial charge on any atom is -0.383 e. The zero-order valence-corrected chi connectivity index (χ0v) is 11.0. The van der Waals surface area contributed by atoms with Crippen LogP contribution >= 0.6 is 0 Å². The van der Waals surface area contributed by atoms with Crippen molar-refractivity contribution < 1.29 is 4.74 Å². The van der Waals surface area contributed by atoms with Crippen LogP contribution in [0.5, 0.6) is 0 Å². The molecule has 1 saturated carbocycles. The number of aromatic nitrogens is 2. The highest BCUT2D eigenvalue weighted by Gasteiger charge is 2.13. The Kier molecular flexibility index (Phi) is 5.20. The fourth-order valence-corrected chi connectivity index (χ4v) is 2.24. The molecule has 0 unspecified atom stereocenters. The predicted octanol–water partition coefficient (Wildman–Crippen LogP) is 2.28. The molecule has 1 aromatic rings. The van der Waals surface area contributed by atoms with Gasteiger partial charge in [0.15, 0.2) is 0 Å². The average molecular weight is 250 g/mol. The molecule has 1 aliphatic carbocycles. The van der Waals surface area contributed by atoms with E-state index in [1.54, 1.807) is 13.3 Å². The lowest BCUT2D eigenvalue weighted by molar-refractivity contribution is 0.210. The van der Waals surface area contributed by atoms with Crippen LogP contribution in [0.1, 0.15) is 32.1 Å². The van der Waals surface area contributed by atoms with Crippen molar-refractivity contribution in [1.82, 2.24) is 9.97 Å². The van der Waals surface area contributed by atoms with E-state index in [4.69, 9.17) is 4.74 Å². The van der Waals surface area contributed by atoms with Gasteiger partial charge >= 0.3 is 0 Å². The van der Waals surface area contributed by atoms with Crippen LogP contribution in [0.3, 0.4) is 0 Å². The first-order chi connectivity index (χ1) is 8.88. The van der Waals surface area contributed by atoms with E-state index in [1.807, 2.05) is 6.07 Å². The van der Waals surface area contributed by atoms with Gasteiger partial charge in [0.1, 0.15) is 5.82 Å².